The molecule has 2 aromatic rings. The van der Waals surface area contributed by atoms with Gasteiger partial charge >= 0.3 is 5.97 Å². The smallest absolute Gasteiger partial charge is 0.337 e. The van der Waals surface area contributed by atoms with Gasteiger partial charge in [-0.2, -0.15) is 0 Å². The molecule has 20 heavy (non-hydrogen) atoms. The van der Waals surface area contributed by atoms with Gasteiger partial charge in [0.25, 0.3) is 5.91 Å². The molecular weight excluding hydrogens is 298 g/mol. The Bertz CT molecular complexity index is 666. The fourth-order valence-corrected chi connectivity index (χ4v) is 2.75. The lowest BCUT2D eigenvalue weighted by atomic mass is 10.2. The standard InChI is InChI=1S/C14H12ClNO3S/c1-2-9-4-6-12(20-9)13(17)16-8-3-5-10(14(18)19)11(15)7-8/h3-7H,2H2,1H3,(H,16,17)(H,18,19). The monoisotopic (exact) mass is 309 g/mol. The van der Waals surface area contributed by atoms with Gasteiger partial charge in [-0.15, -0.1) is 11.3 Å². The highest BCUT2D eigenvalue weighted by atomic mass is 35.5. The molecule has 0 aliphatic rings. The van der Waals surface area contributed by atoms with E-state index in [0.717, 1.165) is 11.3 Å². The molecule has 6 heteroatoms. The number of benzene rings is 1. The van der Waals surface area contributed by atoms with Crippen molar-refractivity contribution in [2.24, 2.45) is 0 Å². The molecule has 1 aromatic heterocycles. The summed E-state index contributed by atoms with van der Waals surface area (Å²) in [5, 5.41) is 11.7. The lowest BCUT2D eigenvalue weighted by molar-refractivity contribution is 0.0697. The average Bonchev–Trinajstić information content (AvgIpc) is 2.87. The number of carbonyl (C=O) groups excluding carboxylic acids is 1. The van der Waals surface area contributed by atoms with Crippen molar-refractivity contribution >= 4 is 40.5 Å². The van der Waals surface area contributed by atoms with Crippen LogP contribution in [-0.2, 0) is 6.42 Å². The Labute approximate surface area is 125 Å². The van der Waals surface area contributed by atoms with Crippen molar-refractivity contribution in [2.75, 3.05) is 5.32 Å². The summed E-state index contributed by atoms with van der Waals surface area (Å²) in [6, 6.07) is 8.00. The molecule has 1 amide bonds. The molecule has 0 fully saturated rings. The predicted molar refractivity (Wildman–Crippen MR) is 80.1 cm³/mol. The van der Waals surface area contributed by atoms with Crippen LogP contribution < -0.4 is 5.32 Å². The number of thiophene rings is 1. The molecule has 0 aliphatic heterocycles. The highest BCUT2D eigenvalue weighted by Crippen LogP contribution is 2.23. The maximum absolute atomic E-state index is 12.0. The van der Waals surface area contributed by atoms with Crippen molar-refractivity contribution in [1.29, 1.82) is 0 Å². The number of aromatic carboxylic acids is 1. The number of halogens is 1. The van der Waals surface area contributed by atoms with Crippen LogP contribution in [0.5, 0.6) is 0 Å². The first-order valence-electron chi connectivity index (χ1n) is 5.94. The van der Waals surface area contributed by atoms with E-state index in [9.17, 15) is 9.59 Å². The van der Waals surface area contributed by atoms with Crippen LogP contribution in [0.4, 0.5) is 5.69 Å². The molecule has 4 nitrogen and oxygen atoms in total. The Hall–Kier alpha value is -1.85. The van der Waals surface area contributed by atoms with Gasteiger partial charge in [0.05, 0.1) is 15.5 Å². The number of hydrogen-bond donors (Lipinski definition) is 2. The van der Waals surface area contributed by atoms with Crippen LogP contribution in [0.15, 0.2) is 30.3 Å². The number of carbonyl (C=O) groups is 2. The zero-order chi connectivity index (χ0) is 14.7. The Morgan fingerprint density at radius 2 is 2.05 bits per heavy atom. The molecule has 0 radical (unpaired) electrons. The van der Waals surface area contributed by atoms with Gasteiger partial charge in [0.15, 0.2) is 0 Å². The molecule has 0 unspecified atom stereocenters. The van der Waals surface area contributed by atoms with E-state index >= 15 is 0 Å². The van der Waals surface area contributed by atoms with E-state index in [2.05, 4.69) is 5.32 Å². The van der Waals surface area contributed by atoms with E-state index in [1.165, 1.54) is 29.5 Å². The van der Waals surface area contributed by atoms with Crippen molar-refractivity contribution in [3.05, 3.63) is 50.7 Å². The van der Waals surface area contributed by atoms with Crippen LogP contribution in [0.25, 0.3) is 0 Å². The molecule has 0 atom stereocenters. The molecule has 0 spiro atoms. The summed E-state index contributed by atoms with van der Waals surface area (Å²) in [5.74, 6) is -1.33. The number of hydrogen-bond acceptors (Lipinski definition) is 3. The largest absolute Gasteiger partial charge is 0.478 e. The Morgan fingerprint density at radius 1 is 1.30 bits per heavy atom. The predicted octanol–water partition coefficient (Wildman–Crippen LogP) is 3.91. The number of nitrogens with one attached hydrogen (secondary N) is 1. The molecule has 0 bridgehead atoms. The molecule has 0 saturated carbocycles. The van der Waals surface area contributed by atoms with Gasteiger partial charge in [-0.25, -0.2) is 4.79 Å². The van der Waals surface area contributed by atoms with Crippen molar-refractivity contribution in [3.8, 4) is 0 Å². The minimum absolute atomic E-state index is 0.00839. The van der Waals surface area contributed by atoms with Gasteiger partial charge in [0, 0.05) is 10.6 Å². The van der Waals surface area contributed by atoms with Crippen LogP contribution in [0.1, 0.15) is 31.8 Å². The molecule has 0 aliphatic carbocycles. The van der Waals surface area contributed by atoms with Crippen LogP contribution >= 0.6 is 22.9 Å². The first-order chi connectivity index (χ1) is 9.51. The van der Waals surface area contributed by atoms with Crippen molar-refractivity contribution in [3.63, 3.8) is 0 Å². The van der Waals surface area contributed by atoms with E-state index in [-0.39, 0.29) is 16.5 Å². The van der Waals surface area contributed by atoms with Gasteiger partial charge in [0.1, 0.15) is 0 Å². The number of rotatable bonds is 4. The molecule has 1 aromatic carbocycles. The first kappa shape index (κ1) is 14.6. The molecule has 2 rings (SSSR count). The second-order valence-electron chi connectivity index (χ2n) is 4.07. The van der Waals surface area contributed by atoms with Gasteiger partial charge in [0.2, 0.25) is 0 Å². The summed E-state index contributed by atoms with van der Waals surface area (Å²) in [6.45, 7) is 2.03. The number of amides is 1. The van der Waals surface area contributed by atoms with E-state index in [1.54, 1.807) is 6.07 Å². The maximum atomic E-state index is 12.0. The zero-order valence-corrected chi connectivity index (χ0v) is 12.2. The highest BCUT2D eigenvalue weighted by Gasteiger charge is 2.12. The Kier molecular flexibility index (Phi) is 4.42. The van der Waals surface area contributed by atoms with Gasteiger partial charge in [-0.1, -0.05) is 18.5 Å². The van der Waals surface area contributed by atoms with E-state index < -0.39 is 5.97 Å². The van der Waals surface area contributed by atoms with Gasteiger partial charge in [-0.05, 0) is 36.8 Å². The summed E-state index contributed by atoms with van der Waals surface area (Å²) >= 11 is 7.28. The number of anilines is 1. The lowest BCUT2D eigenvalue weighted by Gasteiger charge is -2.05. The summed E-state index contributed by atoms with van der Waals surface area (Å²) in [5.41, 5.74) is 0.477. The van der Waals surface area contributed by atoms with Crippen molar-refractivity contribution in [2.45, 2.75) is 13.3 Å². The van der Waals surface area contributed by atoms with Crippen LogP contribution in [0, 0.1) is 0 Å². The zero-order valence-electron chi connectivity index (χ0n) is 10.6. The lowest BCUT2D eigenvalue weighted by Crippen LogP contribution is -2.10. The third kappa shape index (κ3) is 3.18. The number of carboxylic acids is 1. The summed E-state index contributed by atoms with van der Waals surface area (Å²) < 4.78 is 0. The third-order valence-electron chi connectivity index (χ3n) is 2.69. The average molecular weight is 310 g/mol. The molecule has 0 saturated heterocycles. The SMILES string of the molecule is CCc1ccc(C(=O)Nc2ccc(C(=O)O)c(Cl)c2)s1. The van der Waals surface area contributed by atoms with E-state index in [0.29, 0.717) is 10.6 Å². The Morgan fingerprint density at radius 3 is 2.60 bits per heavy atom. The quantitative estimate of drug-likeness (QED) is 0.899. The fraction of sp³-hybridized carbons (Fsp3) is 0.143. The highest BCUT2D eigenvalue weighted by molar-refractivity contribution is 7.14. The molecule has 2 N–H and O–H groups in total. The fourth-order valence-electron chi connectivity index (χ4n) is 1.65. The topological polar surface area (TPSA) is 66.4 Å². The number of aryl methyl sites for hydroxylation is 1. The summed E-state index contributed by atoms with van der Waals surface area (Å²) in [4.78, 5) is 24.6. The van der Waals surface area contributed by atoms with Crippen molar-refractivity contribution < 1.29 is 14.7 Å². The van der Waals surface area contributed by atoms with Crippen LogP contribution in [0.3, 0.4) is 0 Å². The van der Waals surface area contributed by atoms with Gasteiger partial charge in [-0.3, -0.25) is 4.79 Å². The minimum Gasteiger partial charge on any atom is -0.478 e. The third-order valence-corrected chi connectivity index (χ3v) is 4.23. The molecule has 1 heterocycles. The number of carboxylic acid groups (broad SMARTS) is 1. The van der Waals surface area contributed by atoms with Crippen LogP contribution in [0.2, 0.25) is 5.02 Å². The normalized spacial score (nSPS) is 10.3. The maximum Gasteiger partial charge on any atom is 0.337 e. The second-order valence-corrected chi connectivity index (χ2v) is 5.65. The van der Waals surface area contributed by atoms with E-state index in [1.807, 2.05) is 13.0 Å². The summed E-state index contributed by atoms with van der Waals surface area (Å²) in [6.07, 6.45) is 0.886. The second kappa shape index (κ2) is 6.07. The minimum atomic E-state index is -1.10. The van der Waals surface area contributed by atoms with Crippen molar-refractivity contribution in [1.82, 2.24) is 0 Å². The van der Waals surface area contributed by atoms with Crippen LogP contribution in [-0.4, -0.2) is 17.0 Å². The Balaban J connectivity index is 2.15. The molecule has 104 valence electrons. The summed E-state index contributed by atoms with van der Waals surface area (Å²) in [7, 11) is 0. The van der Waals surface area contributed by atoms with Gasteiger partial charge < -0.3 is 10.4 Å². The van der Waals surface area contributed by atoms with E-state index in [4.69, 9.17) is 16.7 Å². The first-order valence-corrected chi connectivity index (χ1v) is 7.13. The molecular formula is C14H12ClNO3S.